The first-order valence-corrected chi connectivity index (χ1v) is 23.0. The van der Waals surface area contributed by atoms with Crippen LogP contribution < -0.4 is 9.44 Å². The fourth-order valence-corrected chi connectivity index (χ4v) is 11.3. The number of halogens is 1. The van der Waals surface area contributed by atoms with Crippen molar-refractivity contribution < 1.29 is 41.4 Å². The molecule has 2 unspecified atom stereocenters. The van der Waals surface area contributed by atoms with Gasteiger partial charge >= 0.3 is 11.9 Å². The molecule has 2 aliphatic rings. The molecule has 2 aliphatic carbocycles. The lowest BCUT2D eigenvalue weighted by Crippen LogP contribution is -2.43. The summed E-state index contributed by atoms with van der Waals surface area (Å²) in [6, 6.07) is 34.0. The number of carboxylic acids is 2. The van der Waals surface area contributed by atoms with E-state index in [-0.39, 0.29) is 38.9 Å². The number of aromatic carboxylic acids is 2. The van der Waals surface area contributed by atoms with E-state index in [1.807, 2.05) is 44.2 Å². The standard InChI is InChI=1S/C25H29NO5S.C21H18ClNO4S/c1-24(2)20-12-13-25(24,22(27)15-20)16-32(30,31)26-21-5-3-4-18(14-21)7-6-17-8-10-19(11-9-17)23(28)29;22-18-9-13-20(14-10-18)28(26,27)23-19-11-5-16(6-12-19)2-1-15-3-7-17(8-4-15)21(24)25/h3-5,8-11,14,20,26H,6-7,12-13,15-16H2,1-2H3,(H,28,29);3-14,23H,1-2H2,(H,24,25). The van der Waals surface area contributed by atoms with Crippen molar-refractivity contribution in [1.82, 2.24) is 0 Å². The van der Waals surface area contributed by atoms with Gasteiger partial charge in [0, 0.05) is 22.8 Å². The van der Waals surface area contributed by atoms with Crippen molar-refractivity contribution in [2.24, 2.45) is 16.7 Å². The maximum Gasteiger partial charge on any atom is 0.335 e. The maximum atomic E-state index is 13.0. The summed E-state index contributed by atoms with van der Waals surface area (Å²) >= 11 is 5.79. The summed E-state index contributed by atoms with van der Waals surface area (Å²) < 4.78 is 56.1. The number of ketones is 1. The highest BCUT2D eigenvalue weighted by atomic mass is 35.5. The average Bonchev–Trinajstić information content (AvgIpc) is 3.55. The smallest absolute Gasteiger partial charge is 0.335 e. The normalized spacial score (nSPS) is 18.0. The van der Waals surface area contributed by atoms with E-state index in [0.29, 0.717) is 42.1 Å². The molecule has 7 rings (SSSR count). The van der Waals surface area contributed by atoms with Gasteiger partial charge in [0.2, 0.25) is 10.0 Å². The number of nitrogens with one attached hydrogen (secondary N) is 2. The third-order valence-electron chi connectivity index (χ3n) is 11.9. The van der Waals surface area contributed by atoms with Gasteiger partial charge in [-0.05, 0) is 145 Å². The van der Waals surface area contributed by atoms with Crippen LogP contribution in [0.15, 0.2) is 126 Å². The largest absolute Gasteiger partial charge is 0.478 e. The number of anilines is 2. The quantitative estimate of drug-likeness (QED) is 0.0798. The molecule has 14 heteroatoms. The molecule has 4 N–H and O–H groups in total. The monoisotopic (exact) mass is 870 g/mol. The van der Waals surface area contributed by atoms with E-state index in [2.05, 4.69) is 9.44 Å². The predicted molar refractivity (Wildman–Crippen MR) is 233 cm³/mol. The molecule has 0 saturated heterocycles. The zero-order valence-corrected chi connectivity index (χ0v) is 35.6. The van der Waals surface area contributed by atoms with Crippen LogP contribution in [0.5, 0.6) is 0 Å². The molecule has 60 heavy (non-hydrogen) atoms. The van der Waals surface area contributed by atoms with Gasteiger partial charge in [-0.1, -0.05) is 74.0 Å². The number of sulfonamides is 2. The predicted octanol–water partition coefficient (Wildman–Crippen LogP) is 8.93. The Labute approximate surface area is 355 Å². The molecule has 11 nitrogen and oxygen atoms in total. The zero-order chi connectivity index (χ0) is 43.3. The Bertz CT molecular complexity index is 2580. The topological polar surface area (TPSA) is 184 Å². The average molecular weight is 871 g/mol. The summed E-state index contributed by atoms with van der Waals surface area (Å²) in [7, 11) is -7.36. The first-order chi connectivity index (χ1) is 28.4. The van der Waals surface area contributed by atoms with E-state index in [1.165, 1.54) is 24.3 Å². The summed E-state index contributed by atoms with van der Waals surface area (Å²) in [6.45, 7) is 4.07. The number of carbonyl (C=O) groups is 3. The van der Waals surface area contributed by atoms with Crippen LogP contribution in [0.25, 0.3) is 0 Å². The van der Waals surface area contributed by atoms with Crippen molar-refractivity contribution in [2.75, 3.05) is 15.2 Å². The minimum absolute atomic E-state index is 0.0896. The van der Waals surface area contributed by atoms with Crippen LogP contribution in [0.2, 0.25) is 5.02 Å². The number of hydrogen-bond acceptors (Lipinski definition) is 7. The van der Waals surface area contributed by atoms with E-state index in [4.69, 9.17) is 21.8 Å². The minimum Gasteiger partial charge on any atom is -0.478 e. The van der Waals surface area contributed by atoms with Gasteiger partial charge in [-0.3, -0.25) is 14.2 Å². The summed E-state index contributed by atoms with van der Waals surface area (Å²) in [4.78, 5) is 34.7. The number of carbonyl (C=O) groups excluding carboxylic acids is 1. The zero-order valence-electron chi connectivity index (χ0n) is 33.2. The summed E-state index contributed by atoms with van der Waals surface area (Å²) in [5, 5.41) is 18.4. The van der Waals surface area contributed by atoms with Gasteiger partial charge in [-0.25, -0.2) is 26.4 Å². The van der Waals surface area contributed by atoms with Gasteiger partial charge in [0.1, 0.15) is 5.78 Å². The Hall–Kier alpha value is -5.50. The van der Waals surface area contributed by atoms with Crippen LogP contribution in [0.1, 0.15) is 76.1 Å². The van der Waals surface area contributed by atoms with Crippen LogP contribution in [-0.4, -0.2) is 50.5 Å². The molecule has 2 fully saturated rings. The van der Waals surface area contributed by atoms with Gasteiger partial charge in [-0.2, -0.15) is 0 Å². The number of rotatable bonds is 15. The number of aryl methyl sites for hydroxylation is 4. The summed E-state index contributed by atoms with van der Waals surface area (Å²) in [5.41, 5.74) is 4.49. The second-order valence-corrected chi connectivity index (χ2v) is 19.8. The third kappa shape index (κ3) is 10.4. The molecule has 0 spiro atoms. The fourth-order valence-electron chi connectivity index (χ4n) is 8.21. The van der Waals surface area contributed by atoms with Crippen molar-refractivity contribution in [3.8, 4) is 0 Å². The molecule has 5 aromatic rings. The Morgan fingerprint density at radius 3 is 1.63 bits per heavy atom. The van der Waals surface area contributed by atoms with Crippen molar-refractivity contribution >= 4 is 60.7 Å². The summed E-state index contributed by atoms with van der Waals surface area (Å²) in [5.74, 6) is -1.69. The summed E-state index contributed by atoms with van der Waals surface area (Å²) in [6.07, 6.45) is 4.97. The Balaban J connectivity index is 0.000000203. The van der Waals surface area contributed by atoms with Gasteiger partial charge in [0.15, 0.2) is 0 Å². The molecule has 2 atom stereocenters. The molecule has 0 amide bonds. The molecule has 5 aromatic carbocycles. The van der Waals surface area contributed by atoms with E-state index in [1.54, 1.807) is 66.7 Å². The Morgan fingerprint density at radius 2 is 1.17 bits per heavy atom. The lowest BCUT2D eigenvalue weighted by Gasteiger charge is -2.36. The molecule has 0 heterocycles. The van der Waals surface area contributed by atoms with Crippen molar-refractivity contribution in [2.45, 2.75) is 63.7 Å². The molecular weight excluding hydrogens is 824 g/mol. The lowest BCUT2D eigenvalue weighted by atomic mass is 9.70. The van der Waals surface area contributed by atoms with Crippen LogP contribution in [0.4, 0.5) is 11.4 Å². The second kappa shape index (κ2) is 18.0. The fraction of sp³-hybridized carbons (Fsp3) is 0.283. The SMILES string of the molecule is CC1(C)C2CCC1(CS(=O)(=O)Nc1cccc(CCc3ccc(C(=O)O)cc3)c1)C(=O)C2.O=C(O)c1ccc(CCc2ccc(NS(=O)(=O)c3ccc(Cl)cc3)cc2)cc1. The Morgan fingerprint density at radius 1 is 0.667 bits per heavy atom. The molecule has 0 aliphatic heterocycles. The molecule has 0 radical (unpaired) electrons. The number of benzene rings is 5. The third-order valence-corrected chi connectivity index (χ3v) is 15.0. The highest BCUT2D eigenvalue weighted by molar-refractivity contribution is 7.93. The lowest BCUT2D eigenvalue weighted by molar-refractivity contribution is -0.128. The number of fused-ring (bicyclic) bond motifs is 2. The van der Waals surface area contributed by atoms with Gasteiger partial charge in [-0.15, -0.1) is 0 Å². The highest BCUT2D eigenvalue weighted by Gasteiger charge is 2.65. The van der Waals surface area contributed by atoms with E-state index < -0.39 is 37.4 Å². The molecule has 0 aromatic heterocycles. The van der Waals surface area contributed by atoms with Crippen LogP contribution in [0, 0.1) is 16.7 Å². The second-order valence-electron chi connectivity index (χ2n) is 16.0. The van der Waals surface area contributed by atoms with Crippen LogP contribution >= 0.6 is 11.6 Å². The number of hydrogen-bond donors (Lipinski definition) is 4. The van der Waals surface area contributed by atoms with Gasteiger partial charge in [0.25, 0.3) is 10.0 Å². The molecular formula is C46H47ClN2O9S2. The number of carboxylic acid groups (broad SMARTS) is 2. The van der Waals surface area contributed by atoms with E-state index in [0.717, 1.165) is 41.5 Å². The van der Waals surface area contributed by atoms with Gasteiger partial charge in [0.05, 0.1) is 27.2 Å². The molecule has 2 bridgehead atoms. The van der Waals surface area contributed by atoms with Crippen molar-refractivity contribution in [3.05, 3.63) is 160 Å². The van der Waals surface area contributed by atoms with E-state index >= 15 is 0 Å². The number of Topliss-reactive ketones (excluding diaryl/α,β-unsaturated/α-hetero) is 1. The maximum absolute atomic E-state index is 13.0. The molecule has 2 saturated carbocycles. The van der Waals surface area contributed by atoms with Crippen molar-refractivity contribution in [3.63, 3.8) is 0 Å². The van der Waals surface area contributed by atoms with E-state index in [9.17, 15) is 31.2 Å². The minimum atomic E-state index is -3.69. The first kappa shape index (κ1) is 44.1. The molecule has 314 valence electrons. The van der Waals surface area contributed by atoms with Crippen LogP contribution in [-0.2, 0) is 50.5 Å². The highest BCUT2D eigenvalue weighted by Crippen LogP contribution is 2.64. The van der Waals surface area contributed by atoms with Crippen molar-refractivity contribution in [1.29, 1.82) is 0 Å². The van der Waals surface area contributed by atoms with Crippen LogP contribution in [0.3, 0.4) is 0 Å². The van der Waals surface area contributed by atoms with Gasteiger partial charge < -0.3 is 10.2 Å². The Kier molecular flexibility index (Phi) is 13.2. The first-order valence-electron chi connectivity index (χ1n) is 19.5.